The minimum absolute atomic E-state index is 0.302. The average molecular weight is 208 g/mol. The number of rotatable bonds is 3. The second-order valence-corrected chi connectivity index (χ2v) is 5.57. The summed E-state index contributed by atoms with van der Waals surface area (Å²) in [5, 5.41) is 9.40. The number of hydrogen-bond acceptors (Lipinski definition) is 1. The Morgan fingerprint density at radius 3 is 2.67 bits per heavy atom. The average Bonchev–Trinajstić information content (AvgIpc) is 2.34. The van der Waals surface area contributed by atoms with Crippen LogP contribution in [-0.2, 0) is 0 Å². The molecule has 0 radical (unpaired) electrons. The van der Waals surface area contributed by atoms with Gasteiger partial charge in [0.1, 0.15) is 0 Å². The van der Waals surface area contributed by atoms with Crippen molar-refractivity contribution in [2.24, 2.45) is 11.3 Å². The molecule has 0 aromatic heterocycles. The van der Waals surface area contributed by atoms with Crippen LogP contribution in [0.3, 0.4) is 0 Å². The van der Waals surface area contributed by atoms with Crippen LogP contribution in [0.4, 0.5) is 0 Å². The van der Waals surface area contributed by atoms with Crippen molar-refractivity contribution in [1.29, 1.82) is 0 Å². The Morgan fingerprint density at radius 1 is 1.67 bits per heavy atom. The van der Waals surface area contributed by atoms with Gasteiger partial charge < -0.3 is 5.11 Å². The molecule has 1 heteroatoms. The Kier molecular flexibility index (Phi) is 3.77. The molecule has 0 heterocycles. The maximum atomic E-state index is 9.40. The third kappa shape index (κ3) is 3.20. The Labute approximate surface area is 93.9 Å². The summed E-state index contributed by atoms with van der Waals surface area (Å²) in [6.45, 7) is 10.7. The summed E-state index contributed by atoms with van der Waals surface area (Å²) < 4.78 is 0. The third-order valence-electron chi connectivity index (χ3n) is 3.62. The minimum Gasteiger partial charge on any atom is -0.389 e. The fraction of sp³-hybridized carbons (Fsp3) is 0.714. The highest BCUT2D eigenvalue weighted by Crippen LogP contribution is 2.42. The summed E-state index contributed by atoms with van der Waals surface area (Å²) in [4.78, 5) is 0. The van der Waals surface area contributed by atoms with Gasteiger partial charge in [0.15, 0.2) is 0 Å². The summed E-state index contributed by atoms with van der Waals surface area (Å²) >= 11 is 0. The van der Waals surface area contributed by atoms with Crippen molar-refractivity contribution in [2.45, 2.75) is 53.6 Å². The molecule has 0 amide bonds. The van der Waals surface area contributed by atoms with E-state index in [1.807, 2.05) is 13.8 Å². The minimum atomic E-state index is -0.302. The Balaban J connectivity index is 2.59. The number of aliphatic hydroxyl groups excluding tert-OH is 1. The van der Waals surface area contributed by atoms with E-state index in [-0.39, 0.29) is 6.10 Å². The van der Waals surface area contributed by atoms with Crippen molar-refractivity contribution in [3.8, 4) is 0 Å². The van der Waals surface area contributed by atoms with E-state index in [0.717, 1.165) is 12.0 Å². The van der Waals surface area contributed by atoms with Crippen molar-refractivity contribution in [3.05, 3.63) is 23.3 Å². The highest BCUT2D eigenvalue weighted by molar-refractivity contribution is 5.17. The molecule has 15 heavy (non-hydrogen) atoms. The van der Waals surface area contributed by atoms with Gasteiger partial charge in [-0.05, 0) is 50.5 Å². The molecule has 1 nitrogen and oxygen atoms in total. The molecule has 0 aromatic rings. The summed E-state index contributed by atoms with van der Waals surface area (Å²) in [6, 6.07) is 0. The fourth-order valence-corrected chi connectivity index (χ4v) is 2.35. The first kappa shape index (κ1) is 12.5. The van der Waals surface area contributed by atoms with Crippen molar-refractivity contribution in [1.82, 2.24) is 0 Å². The first-order valence-electron chi connectivity index (χ1n) is 5.86. The molecule has 0 saturated heterocycles. The van der Waals surface area contributed by atoms with Crippen LogP contribution in [-0.4, -0.2) is 11.2 Å². The highest BCUT2D eigenvalue weighted by atomic mass is 16.3. The summed E-state index contributed by atoms with van der Waals surface area (Å²) in [5.41, 5.74) is 2.92. The molecule has 0 fully saturated rings. The van der Waals surface area contributed by atoms with Gasteiger partial charge in [0.25, 0.3) is 0 Å². The number of allylic oxidation sites excluding steroid dienone is 3. The van der Waals surface area contributed by atoms with Gasteiger partial charge in [0.05, 0.1) is 6.10 Å². The molecule has 0 saturated carbocycles. The zero-order valence-corrected chi connectivity index (χ0v) is 10.7. The van der Waals surface area contributed by atoms with Crippen LogP contribution >= 0.6 is 0 Å². The van der Waals surface area contributed by atoms with Crippen LogP contribution in [0.15, 0.2) is 23.3 Å². The van der Waals surface area contributed by atoms with Gasteiger partial charge in [0.2, 0.25) is 0 Å². The lowest BCUT2D eigenvalue weighted by Crippen LogP contribution is -2.16. The zero-order valence-electron chi connectivity index (χ0n) is 10.7. The maximum absolute atomic E-state index is 9.40. The molecule has 0 aliphatic heterocycles. The smallest absolute Gasteiger partial charge is 0.0719 e. The van der Waals surface area contributed by atoms with Crippen molar-refractivity contribution >= 4 is 0 Å². The standard InChI is InChI=1S/C14H24O/c1-10-8-13(14(4,5)9-10)7-6-11(2)12(3)15/h6,9,12-13,15H,7-8H2,1-5H3/b11-6+. The van der Waals surface area contributed by atoms with Crippen molar-refractivity contribution in [3.63, 3.8) is 0 Å². The van der Waals surface area contributed by atoms with E-state index in [1.54, 1.807) is 0 Å². The van der Waals surface area contributed by atoms with Crippen LogP contribution in [0.2, 0.25) is 0 Å². The lowest BCUT2D eigenvalue weighted by molar-refractivity contribution is 0.229. The summed E-state index contributed by atoms with van der Waals surface area (Å²) in [6.07, 6.45) is 6.57. The van der Waals surface area contributed by atoms with Crippen LogP contribution < -0.4 is 0 Å². The lowest BCUT2D eigenvalue weighted by Gasteiger charge is -2.25. The molecule has 1 N–H and O–H groups in total. The van der Waals surface area contributed by atoms with Crippen molar-refractivity contribution in [2.75, 3.05) is 0 Å². The molecule has 86 valence electrons. The zero-order chi connectivity index (χ0) is 11.6. The molecule has 2 unspecified atom stereocenters. The molecule has 1 rings (SSSR count). The van der Waals surface area contributed by atoms with E-state index in [0.29, 0.717) is 11.3 Å². The molecule has 0 bridgehead atoms. The van der Waals surface area contributed by atoms with Crippen LogP contribution in [0.5, 0.6) is 0 Å². The van der Waals surface area contributed by atoms with Gasteiger partial charge in [-0.15, -0.1) is 0 Å². The first-order chi connectivity index (χ1) is 6.83. The largest absolute Gasteiger partial charge is 0.389 e. The summed E-state index contributed by atoms with van der Waals surface area (Å²) in [5.74, 6) is 0.700. The van der Waals surface area contributed by atoms with E-state index in [4.69, 9.17) is 0 Å². The SMILES string of the molecule is CC1=CC(C)(C)C(C/C=C(\C)C(C)O)C1. The van der Waals surface area contributed by atoms with E-state index in [1.165, 1.54) is 12.0 Å². The first-order valence-corrected chi connectivity index (χ1v) is 5.86. The van der Waals surface area contributed by atoms with Gasteiger partial charge in [-0.3, -0.25) is 0 Å². The maximum Gasteiger partial charge on any atom is 0.0719 e. The molecule has 0 aromatic carbocycles. The predicted octanol–water partition coefficient (Wildman–Crippen LogP) is 3.70. The topological polar surface area (TPSA) is 20.2 Å². The predicted molar refractivity (Wildman–Crippen MR) is 65.7 cm³/mol. The molecule has 1 aliphatic rings. The fourth-order valence-electron chi connectivity index (χ4n) is 2.35. The van der Waals surface area contributed by atoms with Crippen molar-refractivity contribution < 1.29 is 5.11 Å². The second-order valence-electron chi connectivity index (χ2n) is 5.57. The molecular weight excluding hydrogens is 184 g/mol. The molecular formula is C14H24O. The van der Waals surface area contributed by atoms with Crippen LogP contribution in [0.25, 0.3) is 0 Å². The second kappa shape index (κ2) is 4.52. The van der Waals surface area contributed by atoms with Gasteiger partial charge in [-0.1, -0.05) is 31.6 Å². The van der Waals surface area contributed by atoms with Crippen LogP contribution in [0, 0.1) is 11.3 Å². The van der Waals surface area contributed by atoms with Gasteiger partial charge >= 0.3 is 0 Å². The molecule has 1 aliphatic carbocycles. The monoisotopic (exact) mass is 208 g/mol. The Morgan fingerprint density at radius 2 is 2.27 bits per heavy atom. The molecule has 2 atom stereocenters. The van der Waals surface area contributed by atoms with Gasteiger partial charge in [-0.25, -0.2) is 0 Å². The van der Waals surface area contributed by atoms with Gasteiger partial charge in [0, 0.05) is 0 Å². The lowest BCUT2D eigenvalue weighted by atomic mass is 9.79. The van der Waals surface area contributed by atoms with E-state index < -0.39 is 0 Å². The quantitative estimate of drug-likeness (QED) is 0.701. The van der Waals surface area contributed by atoms with Gasteiger partial charge in [-0.2, -0.15) is 0 Å². The number of aliphatic hydroxyl groups is 1. The van der Waals surface area contributed by atoms with Crippen LogP contribution in [0.1, 0.15) is 47.5 Å². The Bertz CT molecular complexity index is 282. The van der Waals surface area contributed by atoms with E-state index in [9.17, 15) is 5.11 Å². The summed E-state index contributed by atoms with van der Waals surface area (Å²) in [7, 11) is 0. The molecule has 0 spiro atoms. The van der Waals surface area contributed by atoms with E-state index >= 15 is 0 Å². The number of hydrogen-bond donors (Lipinski definition) is 1. The highest BCUT2D eigenvalue weighted by Gasteiger charge is 2.31. The Hall–Kier alpha value is -0.560. The normalized spacial score (nSPS) is 27.7. The van der Waals surface area contributed by atoms with E-state index in [2.05, 4.69) is 32.9 Å². The third-order valence-corrected chi connectivity index (χ3v) is 3.62.